The number of hydrogen-bond donors (Lipinski definition) is 1. The molecule has 1 amide bonds. The second-order valence-corrected chi connectivity index (χ2v) is 8.22. The van der Waals surface area contributed by atoms with Crippen LogP contribution in [0.15, 0.2) is 84.0 Å². The molecule has 2 heterocycles. The number of aromatic nitrogens is 3. The molecule has 1 aromatic heterocycles. The normalized spacial score (nSPS) is 11.9. The standard InChI is InChI=1S/C25H20N4O3S/c30-22(26-14-17-11-12-20-21(13-17)32-16-31-20)15-33-25-27-23(18-7-3-1-4-8-18)24(28-29-25)19-9-5-2-6-10-19/h1-13H,14-16H2,(H,26,30). The molecular formula is C25H20N4O3S. The number of thioether (sulfide) groups is 1. The zero-order valence-corrected chi connectivity index (χ0v) is 18.4. The summed E-state index contributed by atoms with van der Waals surface area (Å²) in [7, 11) is 0. The van der Waals surface area contributed by atoms with Crippen LogP contribution in [0.25, 0.3) is 22.5 Å². The molecular weight excluding hydrogens is 436 g/mol. The fraction of sp³-hybridized carbons (Fsp3) is 0.120. The van der Waals surface area contributed by atoms with Gasteiger partial charge < -0.3 is 14.8 Å². The van der Waals surface area contributed by atoms with E-state index in [1.165, 1.54) is 11.8 Å². The number of carbonyl (C=O) groups excluding carboxylic acids is 1. The van der Waals surface area contributed by atoms with E-state index in [0.717, 1.165) is 28.1 Å². The lowest BCUT2D eigenvalue weighted by atomic mass is 10.0. The van der Waals surface area contributed by atoms with E-state index in [1.807, 2.05) is 78.9 Å². The van der Waals surface area contributed by atoms with E-state index < -0.39 is 0 Å². The molecule has 5 rings (SSSR count). The third kappa shape index (κ3) is 4.96. The third-order valence-electron chi connectivity index (χ3n) is 5.02. The fourth-order valence-corrected chi connectivity index (χ4v) is 4.01. The first-order valence-electron chi connectivity index (χ1n) is 10.4. The number of rotatable bonds is 7. The van der Waals surface area contributed by atoms with E-state index in [2.05, 4.69) is 15.5 Å². The van der Waals surface area contributed by atoms with E-state index in [-0.39, 0.29) is 18.5 Å². The average Bonchev–Trinajstić information content (AvgIpc) is 3.35. The highest BCUT2D eigenvalue weighted by Gasteiger charge is 2.16. The van der Waals surface area contributed by atoms with Crippen LogP contribution in [0.2, 0.25) is 0 Å². The highest BCUT2D eigenvalue weighted by molar-refractivity contribution is 7.99. The van der Waals surface area contributed by atoms with Crippen LogP contribution in [0.5, 0.6) is 11.5 Å². The molecule has 1 N–H and O–H groups in total. The number of hydrogen-bond acceptors (Lipinski definition) is 7. The summed E-state index contributed by atoms with van der Waals surface area (Å²) in [5.74, 6) is 1.49. The first-order chi connectivity index (χ1) is 16.3. The van der Waals surface area contributed by atoms with Crippen molar-refractivity contribution in [3.8, 4) is 34.0 Å². The minimum absolute atomic E-state index is 0.116. The zero-order chi connectivity index (χ0) is 22.5. The van der Waals surface area contributed by atoms with Gasteiger partial charge in [-0.3, -0.25) is 4.79 Å². The number of nitrogens with one attached hydrogen (secondary N) is 1. The number of fused-ring (bicyclic) bond motifs is 1. The van der Waals surface area contributed by atoms with E-state index in [9.17, 15) is 4.79 Å². The van der Waals surface area contributed by atoms with Crippen molar-refractivity contribution < 1.29 is 14.3 Å². The van der Waals surface area contributed by atoms with Gasteiger partial charge >= 0.3 is 0 Å². The summed E-state index contributed by atoms with van der Waals surface area (Å²) in [5, 5.41) is 12.1. The molecule has 0 spiro atoms. The summed E-state index contributed by atoms with van der Waals surface area (Å²) in [6.07, 6.45) is 0. The van der Waals surface area contributed by atoms with Crippen molar-refractivity contribution in [2.75, 3.05) is 12.5 Å². The van der Waals surface area contributed by atoms with Gasteiger partial charge in [-0.15, -0.1) is 10.2 Å². The van der Waals surface area contributed by atoms with Crippen LogP contribution in [-0.2, 0) is 11.3 Å². The maximum Gasteiger partial charge on any atom is 0.231 e. The van der Waals surface area contributed by atoms with Gasteiger partial charge in [0.05, 0.1) is 5.75 Å². The Balaban J connectivity index is 1.27. The van der Waals surface area contributed by atoms with E-state index in [1.54, 1.807) is 0 Å². The van der Waals surface area contributed by atoms with Crippen molar-refractivity contribution in [1.82, 2.24) is 20.5 Å². The van der Waals surface area contributed by atoms with Crippen LogP contribution in [0, 0.1) is 0 Å². The molecule has 0 bridgehead atoms. The molecule has 0 radical (unpaired) electrons. The molecule has 0 aliphatic carbocycles. The first kappa shape index (κ1) is 21.0. The van der Waals surface area contributed by atoms with E-state index >= 15 is 0 Å². The van der Waals surface area contributed by atoms with Crippen molar-refractivity contribution >= 4 is 17.7 Å². The second kappa shape index (κ2) is 9.70. The first-order valence-corrected chi connectivity index (χ1v) is 11.4. The number of benzene rings is 3. The molecule has 0 unspecified atom stereocenters. The minimum Gasteiger partial charge on any atom is -0.454 e. The van der Waals surface area contributed by atoms with Gasteiger partial charge in [0.2, 0.25) is 17.9 Å². The van der Waals surface area contributed by atoms with Crippen molar-refractivity contribution in [3.05, 3.63) is 84.4 Å². The Hall–Kier alpha value is -3.91. The molecule has 1 aliphatic rings. The summed E-state index contributed by atoms with van der Waals surface area (Å²) in [6.45, 7) is 0.626. The topological polar surface area (TPSA) is 86.2 Å². The quantitative estimate of drug-likeness (QED) is 0.414. The van der Waals surface area contributed by atoms with Crippen molar-refractivity contribution in [2.45, 2.75) is 11.7 Å². The monoisotopic (exact) mass is 456 g/mol. The molecule has 0 atom stereocenters. The Morgan fingerprint density at radius 1 is 0.848 bits per heavy atom. The van der Waals surface area contributed by atoms with Crippen molar-refractivity contribution in [2.24, 2.45) is 0 Å². The molecule has 164 valence electrons. The minimum atomic E-state index is -0.116. The molecule has 0 saturated carbocycles. The molecule has 1 aliphatic heterocycles. The Kier molecular flexibility index (Phi) is 6.16. The lowest BCUT2D eigenvalue weighted by Crippen LogP contribution is -2.24. The lowest BCUT2D eigenvalue weighted by molar-refractivity contribution is -0.118. The van der Waals surface area contributed by atoms with Gasteiger partial charge in [-0.25, -0.2) is 4.98 Å². The van der Waals surface area contributed by atoms with Crippen LogP contribution in [0.4, 0.5) is 0 Å². The van der Waals surface area contributed by atoms with Crippen LogP contribution < -0.4 is 14.8 Å². The van der Waals surface area contributed by atoms with Gasteiger partial charge in [-0.1, -0.05) is 78.5 Å². The average molecular weight is 457 g/mol. The summed E-state index contributed by atoms with van der Waals surface area (Å²) in [4.78, 5) is 17.1. The van der Waals surface area contributed by atoms with Gasteiger partial charge in [0, 0.05) is 17.7 Å². The lowest BCUT2D eigenvalue weighted by Gasteiger charge is -2.09. The SMILES string of the molecule is O=C(CSc1nnc(-c2ccccc2)c(-c2ccccc2)n1)NCc1ccc2c(c1)OCO2. The Labute approximate surface area is 195 Å². The molecule has 0 saturated heterocycles. The predicted octanol–water partition coefficient (Wildman–Crippen LogP) is 4.34. The Bertz CT molecular complexity index is 1270. The van der Waals surface area contributed by atoms with Gasteiger partial charge in [0.1, 0.15) is 11.4 Å². The van der Waals surface area contributed by atoms with Crippen LogP contribution in [0.1, 0.15) is 5.56 Å². The highest BCUT2D eigenvalue weighted by atomic mass is 32.2. The maximum atomic E-state index is 12.4. The van der Waals surface area contributed by atoms with E-state index in [4.69, 9.17) is 14.5 Å². The summed E-state index contributed by atoms with van der Waals surface area (Å²) >= 11 is 1.26. The van der Waals surface area contributed by atoms with Crippen LogP contribution in [-0.4, -0.2) is 33.6 Å². The summed E-state index contributed by atoms with van der Waals surface area (Å²) < 4.78 is 10.7. The molecule has 4 aromatic rings. The largest absolute Gasteiger partial charge is 0.454 e. The van der Waals surface area contributed by atoms with E-state index in [0.29, 0.717) is 23.1 Å². The molecule has 8 heteroatoms. The van der Waals surface area contributed by atoms with Gasteiger partial charge in [-0.2, -0.15) is 0 Å². The number of nitrogens with zero attached hydrogens (tertiary/aromatic N) is 3. The zero-order valence-electron chi connectivity index (χ0n) is 17.6. The molecule has 3 aromatic carbocycles. The number of ether oxygens (including phenoxy) is 2. The second-order valence-electron chi connectivity index (χ2n) is 7.28. The van der Waals surface area contributed by atoms with Gasteiger partial charge in [-0.05, 0) is 17.7 Å². The Morgan fingerprint density at radius 3 is 2.30 bits per heavy atom. The highest BCUT2D eigenvalue weighted by Crippen LogP contribution is 2.32. The van der Waals surface area contributed by atoms with Gasteiger partial charge in [0.25, 0.3) is 0 Å². The smallest absolute Gasteiger partial charge is 0.231 e. The van der Waals surface area contributed by atoms with Crippen LogP contribution in [0.3, 0.4) is 0 Å². The molecule has 7 nitrogen and oxygen atoms in total. The van der Waals surface area contributed by atoms with Gasteiger partial charge in [0.15, 0.2) is 11.5 Å². The van der Waals surface area contributed by atoms with Crippen molar-refractivity contribution in [3.63, 3.8) is 0 Å². The van der Waals surface area contributed by atoms with Crippen LogP contribution >= 0.6 is 11.8 Å². The fourth-order valence-electron chi connectivity index (χ4n) is 3.39. The maximum absolute atomic E-state index is 12.4. The summed E-state index contributed by atoms with van der Waals surface area (Å²) in [5.41, 5.74) is 4.27. The molecule has 33 heavy (non-hydrogen) atoms. The Morgan fingerprint density at radius 2 is 1.55 bits per heavy atom. The predicted molar refractivity (Wildman–Crippen MR) is 126 cm³/mol. The number of carbonyl (C=O) groups is 1. The summed E-state index contributed by atoms with van der Waals surface area (Å²) in [6, 6.07) is 25.3. The van der Waals surface area contributed by atoms with Crippen molar-refractivity contribution in [1.29, 1.82) is 0 Å². The third-order valence-corrected chi connectivity index (χ3v) is 5.86. The number of amides is 1. The molecule has 0 fully saturated rings.